The van der Waals surface area contributed by atoms with E-state index in [0.717, 1.165) is 35.2 Å². The standard InChI is InChI=1S/C25H26BrN5O4/c1-30(2)10-8-27-23(32)19-13-28-25(31-9-7-17-12-18(26)4-5-20(17)31)29-24(19)33-14-16-3-6-21-22(11-16)35-15-34-21/h3-6,11-13H,7-10,14-15H2,1-2H3,(H,27,32). The Kier molecular flexibility index (Phi) is 6.74. The molecule has 0 spiro atoms. The Labute approximate surface area is 212 Å². The minimum atomic E-state index is -0.273. The zero-order chi connectivity index (χ0) is 24.4. The van der Waals surface area contributed by atoms with Crippen LogP contribution >= 0.6 is 15.9 Å². The number of benzene rings is 2. The predicted molar refractivity (Wildman–Crippen MR) is 135 cm³/mol. The van der Waals surface area contributed by atoms with Crippen LogP contribution in [0, 0.1) is 0 Å². The number of likely N-dealkylation sites (N-methyl/N-ethyl adjacent to an activating group) is 1. The number of fused-ring (bicyclic) bond motifs is 2. The second kappa shape index (κ2) is 10.1. The maximum atomic E-state index is 12.9. The first kappa shape index (κ1) is 23.4. The SMILES string of the molecule is CN(C)CCNC(=O)c1cnc(N2CCc3cc(Br)ccc32)nc1OCc1ccc2c(c1)OCO2. The predicted octanol–water partition coefficient (Wildman–Crippen LogP) is 3.53. The van der Waals surface area contributed by atoms with Crippen molar-refractivity contribution in [1.82, 2.24) is 20.2 Å². The molecule has 35 heavy (non-hydrogen) atoms. The van der Waals surface area contributed by atoms with Gasteiger partial charge >= 0.3 is 0 Å². The summed E-state index contributed by atoms with van der Waals surface area (Å²) in [6.07, 6.45) is 2.43. The summed E-state index contributed by atoms with van der Waals surface area (Å²) in [5, 5.41) is 2.92. The van der Waals surface area contributed by atoms with E-state index in [0.29, 0.717) is 29.6 Å². The van der Waals surface area contributed by atoms with E-state index in [1.54, 1.807) is 6.20 Å². The summed E-state index contributed by atoms with van der Waals surface area (Å²) in [5.74, 6) is 1.84. The van der Waals surface area contributed by atoms with Crippen LogP contribution < -0.4 is 24.4 Å². The molecule has 3 aromatic rings. The van der Waals surface area contributed by atoms with E-state index in [1.807, 2.05) is 54.2 Å². The van der Waals surface area contributed by atoms with Crippen LogP contribution in [0.25, 0.3) is 0 Å². The number of nitrogens with one attached hydrogen (secondary N) is 1. The minimum absolute atomic E-state index is 0.208. The lowest BCUT2D eigenvalue weighted by Crippen LogP contribution is -2.32. The van der Waals surface area contributed by atoms with Gasteiger partial charge in [-0.05, 0) is 62.0 Å². The lowest BCUT2D eigenvalue weighted by atomic mass is 10.2. The van der Waals surface area contributed by atoms with E-state index in [9.17, 15) is 4.79 Å². The molecule has 2 aliphatic heterocycles. The highest BCUT2D eigenvalue weighted by Gasteiger charge is 2.25. The molecule has 5 rings (SSSR count). The molecule has 0 fully saturated rings. The summed E-state index contributed by atoms with van der Waals surface area (Å²) in [5.41, 5.74) is 3.45. The smallest absolute Gasteiger partial charge is 0.258 e. The molecule has 1 N–H and O–H groups in total. The Morgan fingerprint density at radius 2 is 2.06 bits per heavy atom. The first-order chi connectivity index (χ1) is 17.0. The van der Waals surface area contributed by atoms with Crippen molar-refractivity contribution in [2.24, 2.45) is 0 Å². The highest BCUT2D eigenvalue weighted by Crippen LogP contribution is 2.36. The van der Waals surface area contributed by atoms with Crippen molar-refractivity contribution in [3.05, 3.63) is 63.8 Å². The molecule has 0 bridgehead atoms. The Balaban J connectivity index is 1.40. The van der Waals surface area contributed by atoms with Gasteiger partial charge in [-0.25, -0.2) is 4.98 Å². The molecule has 2 aliphatic rings. The Bertz CT molecular complexity index is 1250. The van der Waals surface area contributed by atoms with Crippen molar-refractivity contribution in [3.8, 4) is 17.4 Å². The molecule has 0 saturated carbocycles. The molecule has 1 amide bonds. The number of ether oxygens (including phenoxy) is 3. The number of amides is 1. The Morgan fingerprint density at radius 3 is 2.91 bits per heavy atom. The fourth-order valence-corrected chi connectivity index (χ4v) is 4.41. The molecule has 3 heterocycles. The minimum Gasteiger partial charge on any atom is -0.472 e. The second-order valence-corrected chi connectivity index (χ2v) is 9.51. The topological polar surface area (TPSA) is 89.1 Å². The number of carbonyl (C=O) groups excluding carboxylic acids is 1. The van der Waals surface area contributed by atoms with E-state index in [-0.39, 0.29) is 25.2 Å². The van der Waals surface area contributed by atoms with Crippen LogP contribution in [-0.4, -0.2) is 61.3 Å². The average molecular weight is 540 g/mol. The molecule has 0 saturated heterocycles. The van der Waals surface area contributed by atoms with E-state index in [2.05, 4.69) is 37.3 Å². The fraction of sp³-hybridized carbons (Fsp3) is 0.320. The van der Waals surface area contributed by atoms with E-state index in [1.165, 1.54) is 5.56 Å². The molecule has 0 radical (unpaired) electrons. The number of halogens is 1. The van der Waals surface area contributed by atoms with Gasteiger partial charge in [0, 0.05) is 36.0 Å². The van der Waals surface area contributed by atoms with Gasteiger partial charge in [-0.15, -0.1) is 0 Å². The van der Waals surface area contributed by atoms with Gasteiger partial charge in [0.15, 0.2) is 11.5 Å². The summed E-state index contributed by atoms with van der Waals surface area (Å²) in [6, 6.07) is 11.8. The highest BCUT2D eigenvalue weighted by molar-refractivity contribution is 9.10. The van der Waals surface area contributed by atoms with E-state index >= 15 is 0 Å². The fourth-order valence-electron chi connectivity index (χ4n) is 4.00. The summed E-state index contributed by atoms with van der Waals surface area (Å²) in [4.78, 5) is 26.2. The summed E-state index contributed by atoms with van der Waals surface area (Å²) < 4.78 is 18.0. The van der Waals surface area contributed by atoms with Gasteiger partial charge in [-0.3, -0.25) is 4.79 Å². The lowest BCUT2D eigenvalue weighted by Gasteiger charge is -2.19. The maximum Gasteiger partial charge on any atom is 0.258 e. The van der Waals surface area contributed by atoms with Gasteiger partial charge in [-0.1, -0.05) is 22.0 Å². The van der Waals surface area contributed by atoms with E-state index < -0.39 is 0 Å². The molecule has 9 nitrogen and oxygen atoms in total. The quantitative estimate of drug-likeness (QED) is 0.465. The largest absolute Gasteiger partial charge is 0.472 e. The monoisotopic (exact) mass is 539 g/mol. The average Bonchev–Trinajstić information content (AvgIpc) is 3.48. The normalized spacial score (nSPS) is 13.8. The van der Waals surface area contributed by atoms with Crippen LogP contribution in [0.3, 0.4) is 0 Å². The molecule has 10 heteroatoms. The zero-order valence-corrected chi connectivity index (χ0v) is 21.2. The summed E-state index contributed by atoms with van der Waals surface area (Å²) in [6.45, 7) is 2.40. The first-order valence-electron chi connectivity index (χ1n) is 11.4. The molecule has 182 valence electrons. The highest BCUT2D eigenvalue weighted by atomic mass is 79.9. The van der Waals surface area contributed by atoms with Crippen LogP contribution in [-0.2, 0) is 13.0 Å². The van der Waals surface area contributed by atoms with Gasteiger partial charge in [0.1, 0.15) is 12.2 Å². The number of hydrogen-bond donors (Lipinski definition) is 1. The van der Waals surface area contributed by atoms with Crippen molar-refractivity contribution in [2.75, 3.05) is 45.4 Å². The third kappa shape index (κ3) is 5.18. The van der Waals surface area contributed by atoms with Gasteiger partial charge in [0.25, 0.3) is 5.91 Å². The number of aromatic nitrogens is 2. The Hall–Kier alpha value is -3.37. The maximum absolute atomic E-state index is 12.9. The molecule has 0 atom stereocenters. The van der Waals surface area contributed by atoms with Crippen molar-refractivity contribution in [3.63, 3.8) is 0 Å². The molecular weight excluding hydrogens is 514 g/mol. The van der Waals surface area contributed by atoms with E-state index in [4.69, 9.17) is 14.2 Å². The number of nitrogens with zero attached hydrogens (tertiary/aromatic N) is 4. The summed E-state index contributed by atoms with van der Waals surface area (Å²) >= 11 is 3.53. The van der Waals surface area contributed by atoms with Crippen LogP contribution in [0.15, 0.2) is 47.1 Å². The zero-order valence-electron chi connectivity index (χ0n) is 19.6. The van der Waals surface area contributed by atoms with Crippen molar-refractivity contribution in [2.45, 2.75) is 13.0 Å². The third-order valence-corrected chi connectivity index (χ3v) is 6.31. The number of anilines is 2. The third-order valence-electron chi connectivity index (χ3n) is 5.82. The molecular formula is C25H26BrN5O4. The summed E-state index contributed by atoms with van der Waals surface area (Å²) in [7, 11) is 3.91. The molecule has 0 aliphatic carbocycles. The number of rotatable bonds is 8. The van der Waals surface area contributed by atoms with Gasteiger partial charge < -0.3 is 29.3 Å². The van der Waals surface area contributed by atoms with Gasteiger partial charge in [0.2, 0.25) is 18.6 Å². The van der Waals surface area contributed by atoms with Crippen LogP contribution in [0.1, 0.15) is 21.5 Å². The van der Waals surface area contributed by atoms with Crippen molar-refractivity contribution >= 4 is 33.5 Å². The van der Waals surface area contributed by atoms with Crippen LogP contribution in [0.4, 0.5) is 11.6 Å². The van der Waals surface area contributed by atoms with Crippen molar-refractivity contribution in [1.29, 1.82) is 0 Å². The Morgan fingerprint density at radius 1 is 1.20 bits per heavy atom. The second-order valence-electron chi connectivity index (χ2n) is 8.60. The molecule has 2 aromatic carbocycles. The van der Waals surface area contributed by atoms with Gasteiger partial charge in [0.05, 0.1) is 0 Å². The lowest BCUT2D eigenvalue weighted by molar-refractivity contribution is 0.0945. The molecule has 0 unspecified atom stereocenters. The number of carbonyl (C=O) groups is 1. The van der Waals surface area contributed by atoms with Gasteiger partial charge in [-0.2, -0.15) is 4.98 Å². The van der Waals surface area contributed by atoms with Crippen molar-refractivity contribution < 1.29 is 19.0 Å². The van der Waals surface area contributed by atoms with Crippen LogP contribution in [0.5, 0.6) is 17.4 Å². The molecule has 1 aromatic heterocycles. The van der Waals surface area contributed by atoms with Crippen LogP contribution in [0.2, 0.25) is 0 Å². The first-order valence-corrected chi connectivity index (χ1v) is 12.1. The number of hydrogen-bond acceptors (Lipinski definition) is 8.